The number of rotatable bonds is 7. The summed E-state index contributed by atoms with van der Waals surface area (Å²) in [6.45, 7) is 2.21. The summed E-state index contributed by atoms with van der Waals surface area (Å²) in [5.74, 6) is 0.815. The van der Waals surface area contributed by atoms with Gasteiger partial charge in [0.05, 0.1) is 13.2 Å². The van der Waals surface area contributed by atoms with E-state index in [4.69, 9.17) is 4.74 Å². The second kappa shape index (κ2) is 7.59. The number of hydrogen-bond donors (Lipinski definition) is 0. The monoisotopic (exact) mass is 376 g/mol. The number of hydrogen-bond acceptors (Lipinski definition) is 7. The molecule has 27 heavy (non-hydrogen) atoms. The van der Waals surface area contributed by atoms with Gasteiger partial charge in [-0.2, -0.15) is 9.90 Å². The molecule has 2 aliphatic rings. The van der Waals surface area contributed by atoms with Crippen molar-refractivity contribution < 1.29 is 9.53 Å². The number of ether oxygens (including phenoxy) is 1. The third kappa shape index (κ3) is 3.77. The molecule has 11 heteroatoms. The first-order valence-corrected chi connectivity index (χ1v) is 9.34. The van der Waals surface area contributed by atoms with Gasteiger partial charge in [0.2, 0.25) is 5.91 Å². The summed E-state index contributed by atoms with van der Waals surface area (Å²) in [6, 6.07) is 0.245. The predicted molar refractivity (Wildman–Crippen MR) is 93.0 cm³/mol. The highest BCUT2D eigenvalue weighted by molar-refractivity contribution is 5.75. The van der Waals surface area contributed by atoms with Gasteiger partial charge in [0, 0.05) is 32.2 Å². The highest BCUT2D eigenvalue weighted by Gasteiger charge is 2.35. The van der Waals surface area contributed by atoms with Crippen LogP contribution in [0.5, 0.6) is 0 Å². The number of aromatic nitrogens is 7. The van der Waals surface area contributed by atoms with Crippen LogP contribution in [0.15, 0.2) is 11.1 Å². The maximum absolute atomic E-state index is 12.7. The van der Waals surface area contributed by atoms with Gasteiger partial charge in [-0.1, -0.05) is 0 Å². The molecule has 3 heterocycles. The number of amides is 1. The van der Waals surface area contributed by atoms with E-state index in [9.17, 15) is 9.59 Å². The molecule has 11 nitrogen and oxygen atoms in total. The van der Waals surface area contributed by atoms with Crippen molar-refractivity contribution in [2.24, 2.45) is 0 Å². The molecule has 0 bridgehead atoms. The van der Waals surface area contributed by atoms with Crippen molar-refractivity contribution >= 4 is 5.91 Å². The Balaban J connectivity index is 1.52. The van der Waals surface area contributed by atoms with Gasteiger partial charge in [-0.3, -0.25) is 9.36 Å². The van der Waals surface area contributed by atoms with Gasteiger partial charge in [-0.15, -0.1) is 10.2 Å². The van der Waals surface area contributed by atoms with Crippen molar-refractivity contribution in [3.05, 3.63) is 22.6 Å². The summed E-state index contributed by atoms with van der Waals surface area (Å²) in [7, 11) is 1.61. The predicted octanol–water partition coefficient (Wildman–Crippen LogP) is -0.581. The molecule has 4 rings (SSSR count). The fourth-order valence-electron chi connectivity index (χ4n) is 3.61. The van der Waals surface area contributed by atoms with Crippen LogP contribution in [-0.4, -0.2) is 72.2 Å². The van der Waals surface area contributed by atoms with Crippen molar-refractivity contribution in [1.82, 2.24) is 39.5 Å². The molecule has 1 unspecified atom stereocenters. The van der Waals surface area contributed by atoms with Gasteiger partial charge in [0.15, 0.2) is 6.33 Å². The minimum absolute atomic E-state index is 0.0446. The Morgan fingerprint density at radius 2 is 2.19 bits per heavy atom. The fourth-order valence-corrected chi connectivity index (χ4v) is 3.61. The summed E-state index contributed by atoms with van der Waals surface area (Å²) >= 11 is 0. The Bertz CT molecular complexity index is 838. The molecule has 0 aromatic carbocycles. The van der Waals surface area contributed by atoms with Gasteiger partial charge in [-0.25, -0.2) is 9.48 Å². The first kappa shape index (κ1) is 17.8. The Hall–Kier alpha value is -2.56. The number of piperidine rings is 1. The van der Waals surface area contributed by atoms with Crippen molar-refractivity contribution in [1.29, 1.82) is 0 Å². The van der Waals surface area contributed by atoms with Gasteiger partial charge in [-0.05, 0) is 30.9 Å². The maximum Gasteiger partial charge on any atom is 0.346 e. The topological polar surface area (TPSA) is 113 Å². The average molecular weight is 376 g/mol. The number of nitrogens with zero attached hydrogens (tertiary/aromatic N) is 8. The molecule has 0 spiro atoms. The number of likely N-dealkylation sites (tertiary alicyclic amines) is 1. The molecule has 2 aromatic rings. The van der Waals surface area contributed by atoms with Crippen molar-refractivity contribution in [3.63, 3.8) is 0 Å². The normalized spacial score (nSPS) is 20.2. The first-order chi connectivity index (χ1) is 13.2. The number of carbonyl (C=O) groups excluding carboxylic acids is 1. The first-order valence-electron chi connectivity index (χ1n) is 9.34. The zero-order valence-corrected chi connectivity index (χ0v) is 15.4. The molecule has 1 saturated carbocycles. The number of methoxy groups -OCH3 is 1. The molecule has 2 aromatic heterocycles. The standard InChI is InChI=1S/C16H24N8O3/c1-27-8-7-22-16(26)24(13-4-5-13)15(19-22)12-3-2-6-21(9-12)14(25)10-23-18-11-17-20-23/h11-13H,2-10H2,1H3. The van der Waals surface area contributed by atoms with Crippen LogP contribution in [0.1, 0.15) is 43.5 Å². The highest BCUT2D eigenvalue weighted by Crippen LogP contribution is 2.37. The summed E-state index contributed by atoms with van der Waals surface area (Å²) < 4.78 is 8.43. The van der Waals surface area contributed by atoms with Crippen LogP contribution >= 0.6 is 0 Å². The van der Waals surface area contributed by atoms with Gasteiger partial charge >= 0.3 is 5.69 Å². The molecule has 0 N–H and O–H groups in total. The Morgan fingerprint density at radius 3 is 2.89 bits per heavy atom. The van der Waals surface area contributed by atoms with E-state index in [2.05, 4.69) is 20.5 Å². The van der Waals surface area contributed by atoms with Crippen LogP contribution in [-0.2, 0) is 22.6 Å². The van der Waals surface area contributed by atoms with E-state index in [1.165, 1.54) is 15.8 Å². The Labute approximate surface area is 155 Å². The second-order valence-electron chi connectivity index (χ2n) is 7.10. The SMILES string of the molecule is COCCn1nc(C2CCCN(C(=O)Cn3ncnn3)C2)n(C2CC2)c1=O. The third-order valence-electron chi connectivity index (χ3n) is 5.12. The van der Waals surface area contributed by atoms with Crippen LogP contribution in [0.25, 0.3) is 0 Å². The van der Waals surface area contributed by atoms with Crippen LogP contribution in [0.4, 0.5) is 0 Å². The molecular formula is C16H24N8O3. The molecule has 1 amide bonds. The molecule has 146 valence electrons. The van der Waals surface area contributed by atoms with E-state index in [-0.39, 0.29) is 30.1 Å². The zero-order chi connectivity index (χ0) is 18.8. The largest absolute Gasteiger partial charge is 0.383 e. The van der Waals surface area contributed by atoms with Crippen LogP contribution in [0, 0.1) is 0 Å². The quantitative estimate of drug-likeness (QED) is 0.635. The third-order valence-corrected chi connectivity index (χ3v) is 5.12. The average Bonchev–Trinajstić information content (AvgIpc) is 3.28. The molecule has 2 fully saturated rings. The molecule has 1 saturated heterocycles. The highest BCUT2D eigenvalue weighted by atomic mass is 16.5. The van der Waals surface area contributed by atoms with Crippen LogP contribution in [0.3, 0.4) is 0 Å². The van der Waals surface area contributed by atoms with Crippen molar-refractivity contribution in [2.45, 2.75) is 50.7 Å². The number of tetrazole rings is 1. The van der Waals surface area contributed by atoms with Gasteiger partial charge in [0.1, 0.15) is 12.4 Å². The number of carbonyl (C=O) groups is 1. The minimum Gasteiger partial charge on any atom is -0.383 e. The molecule has 0 radical (unpaired) electrons. The molecule has 1 aliphatic carbocycles. The van der Waals surface area contributed by atoms with Crippen LogP contribution in [0.2, 0.25) is 0 Å². The van der Waals surface area contributed by atoms with Crippen LogP contribution < -0.4 is 5.69 Å². The van der Waals surface area contributed by atoms with E-state index >= 15 is 0 Å². The Kier molecular flexibility index (Phi) is 5.01. The minimum atomic E-state index is -0.0696. The molecule has 1 atom stereocenters. The summed E-state index contributed by atoms with van der Waals surface area (Å²) in [5.41, 5.74) is -0.0696. The van der Waals surface area contributed by atoms with Crippen molar-refractivity contribution in [3.8, 4) is 0 Å². The smallest absolute Gasteiger partial charge is 0.346 e. The molecule has 1 aliphatic heterocycles. The summed E-state index contributed by atoms with van der Waals surface area (Å²) in [5, 5.41) is 15.9. The lowest BCUT2D eigenvalue weighted by Crippen LogP contribution is -2.42. The van der Waals surface area contributed by atoms with E-state index in [1.54, 1.807) is 7.11 Å². The van der Waals surface area contributed by atoms with E-state index < -0.39 is 0 Å². The fraction of sp³-hybridized carbons (Fsp3) is 0.750. The van der Waals surface area contributed by atoms with Gasteiger partial charge in [0.25, 0.3) is 0 Å². The summed E-state index contributed by atoms with van der Waals surface area (Å²) in [4.78, 5) is 28.4. The van der Waals surface area contributed by atoms with Gasteiger partial charge < -0.3 is 9.64 Å². The van der Waals surface area contributed by atoms with E-state index in [0.29, 0.717) is 26.2 Å². The summed E-state index contributed by atoms with van der Waals surface area (Å²) in [6.07, 6.45) is 5.13. The Morgan fingerprint density at radius 1 is 1.33 bits per heavy atom. The lowest BCUT2D eigenvalue weighted by atomic mass is 9.97. The van der Waals surface area contributed by atoms with E-state index in [1.807, 2.05) is 9.47 Å². The second-order valence-corrected chi connectivity index (χ2v) is 7.10. The zero-order valence-electron chi connectivity index (χ0n) is 15.4. The van der Waals surface area contributed by atoms with E-state index in [0.717, 1.165) is 31.5 Å². The lowest BCUT2D eigenvalue weighted by Gasteiger charge is -2.32. The maximum atomic E-state index is 12.7. The molecular weight excluding hydrogens is 352 g/mol. The van der Waals surface area contributed by atoms with Crippen molar-refractivity contribution in [2.75, 3.05) is 26.8 Å². The lowest BCUT2D eigenvalue weighted by molar-refractivity contribution is -0.133.